The molecule has 0 fully saturated rings. The second-order valence-electron chi connectivity index (χ2n) is 3.73. The van der Waals surface area contributed by atoms with Crippen LogP contribution in [0.5, 0.6) is 11.5 Å². The van der Waals surface area contributed by atoms with Crippen LogP contribution in [-0.4, -0.2) is 19.3 Å². The normalized spacial score (nSPS) is 16.2. The molecule has 15 heavy (non-hydrogen) atoms. The summed E-state index contributed by atoms with van der Waals surface area (Å²) in [5, 5.41) is 0. The molecular weight excluding hydrogens is 258 g/mol. The SMILES string of the molecule is CC(N)Cc1c(Br)ccc2c1OCCO2. The van der Waals surface area contributed by atoms with Crippen LogP contribution in [0.4, 0.5) is 0 Å². The van der Waals surface area contributed by atoms with Gasteiger partial charge in [-0.15, -0.1) is 0 Å². The van der Waals surface area contributed by atoms with E-state index in [0.29, 0.717) is 13.2 Å². The minimum atomic E-state index is 0.110. The monoisotopic (exact) mass is 271 g/mol. The van der Waals surface area contributed by atoms with Crippen molar-refractivity contribution in [1.82, 2.24) is 0 Å². The molecule has 2 rings (SSSR count). The lowest BCUT2D eigenvalue weighted by Crippen LogP contribution is -2.21. The quantitative estimate of drug-likeness (QED) is 0.896. The number of nitrogens with two attached hydrogens (primary N) is 1. The number of hydrogen-bond donors (Lipinski definition) is 1. The lowest BCUT2D eigenvalue weighted by atomic mass is 10.1. The van der Waals surface area contributed by atoms with Gasteiger partial charge in [0.2, 0.25) is 0 Å². The molecule has 1 aromatic carbocycles. The van der Waals surface area contributed by atoms with Crippen LogP contribution in [0.25, 0.3) is 0 Å². The predicted octanol–water partition coefficient (Wildman–Crippen LogP) is 2.11. The van der Waals surface area contributed by atoms with E-state index in [1.807, 2.05) is 19.1 Å². The van der Waals surface area contributed by atoms with Crippen LogP contribution in [0.1, 0.15) is 12.5 Å². The van der Waals surface area contributed by atoms with Gasteiger partial charge in [-0.25, -0.2) is 0 Å². The van der Waals surface area contributed by atoms with Crippen LogP contribution >= 0.6 is 15.9 Å². The first-order chi connectivity index (χ1) is 7.18. The lowest BCUT2D eigenvalue weighted by molar-refractivity contribution is 0.169. The zero-order valence-corrected chi connectivity index (χ0v) is 10.2. The third kappa shape index (κ3) is 2.26. The van der Waals surface area contributed by atoms with E-state index < -0.39 is 0 Å². The predicted molar refractivity (Wildman–Crippen MR) is 62.5 cm³/mol. The van der Waals surface area contributed by atoms with E-state index in [2.05, 4.69) is 15.9 Å². The van der Waals surface area contributed by atoms with Crippen molar-refractivity contribution in [3.05, 3.63) is 22.2 Å². The van der Waals surface area contributed by atoms with Crippen molar-refractivity contribution in [3.8, 4) is 11.5 Å². The number of benzene rings is 1. The van der Waals surface area contributed by atoms with Crippen molar-refractivity contribution in [3.63, 3.8) is 0 Å². The van der Waals surface area contributed by atoms with Crippen LogP contribution in [0, 0.1) is 0 Å². The van der Waals surface area contributed by atoms with Crippen molar-refractivity contribution in [1.29, 1.82) is 0 Å². The van der Waals surface area contributed by atoms with Gasteiger partial charge in [-0.1, -0.05) is 15.9 Å². The highest BCUT2D eigenvalue weighted by atomic mass is 79.9. The van der Waals surface area contributed by atoms with Gasteiger partial charge in [-0.2, -0.15) is 0 Å². The lowest BCUT2D eigenvalue weighted by Gasteiger charge is -2.22. The standard InChI is InChI=1S/C11H14BrNO2/c1-7(13)6-8-9(12)2-3-10-11(8)15-5-4-14-10/h2-3,7H,4-6,13H2,1H3. The molecule has 0 aliphatic carbocycles. The maximum atomic E-state index is 5.81. The van der Waals surface area contributed by atoms with Gasteiger partial charge in [0.25, 0.3) is 0 Å². The molecule has 0 aromatic heterocycles. The number of hydrogen-bond acceptors (Lipinski definition) is 3. The molecule has 1 atom stereocenters. The summed E-state index contributed by atoms with van der Waals surface area (Å²) in [6, 6.07) is 4.01. The molecule has 3 nitrogen and oxygen atoms in total. The van der Waals surface area contributed by atoms with E-state index in [-0.39, 0.29) is 6.04 Å². The highest BCUT2D eigenvalue weighted by molar-refractivity contribution is 9.10. The third-order valence-electron chi connectivity index (χ3n) is 2.28. The van der Waals surface area contributed by atoms with Crippen molar-refractivity contribution >= 4 is 15.9 Å². The average Bonchev–Trinajstić information content (AvgIpc) is 2.22. The maximum absolute atomic E-state index is 5.81. The molecule has 0 saturated heterocycles. The fourth-order valence-corrected chi connectivity index (χ4v) is 2.14. The van der Waals surface area contributed by atoms with Crippen LogP contribution in [0.15, 0.2) is 16.6 Å². The van der Waals surface area contributed by atoms with Gasteiger partial charge in [0.15, 0.2) is 11.5 Å². The fraction of sp³-hybridized carbons (Fsp3) is 0.455. The largest absolute Gasteiger partial charge is 0.486 e. The molecule has 82 valence electrons. The number of ether oxygens (including phenoxy) is 2. The molecule has 1 heterocycles. The molecule has 0 amide bonds. The summed E-state index contributed by atoms with van der Waals surface area (Å²) >= 11 is 3.51. The molecule has 0 saturated carbocycles. The van der Waals surface area contributed by atoms with E-state index in [9.17, 15) is 0 Å². The van der Waals surface area contributed by atoms with E-state index >= 15 is 0 Å². The van der Waals surface area contributed by atoms with Crippen molar-refractivity contribution in [2.24, 2.45) is 5.73 Å². The molecule has 1 aliphatic rings. The van der Waals surface area contributed by atoms with E-state index in [4.69, 9.17) is 15.2 Å². The molecule has 2 N–H and O–H groups in total. The summed E-state index contributed by atoms with van der Waals surface area (Å²) in [4.78, 5) is 0. The highest BCUT2D eigenvalue weighted by Gasteiger charge is 2.18. The number of halogens is 1. The Kier molecular flexibility index (Phi) is 3.17. The highest BCUT2D eigenvalue weighted by Crippen LogP contribution is 2.38. The molecule has 1 aliphatic heterocycles. The first kappa shape index (κ1) is 10.8. The fourth-order valence-electron chi connectivity index (χ4n) is 1.66. The van der Waals surface area contributed by atoms with Gasteiger partial charge in [-0.3, -0.25) is 0 Å². The summed E-state index contributed by atoms with van der Waals surface area (Å²) in [5.41, 5.74) is 6.91. The Morgan fingerprint density at radius 2 is 2.13 bits per heavy atom. The maximum Gasteiger partial charge on any atom is 0.165 e. The van der Waals surface area contributed by atoms with Gasteiger partial charge >= 0.3 is 0 Å². The van der Waals surface area contributed by atoms with E-state index in [0.717, 1.165) is 28.0 Å². The molecule has 1 aromatic rings. The minimum absolute atomic E-state index is 0.110. The van der Waals surface area contributed by atoms with Gasteiger partial charge in [0, 0.05) is 16.1 Å². The summed E-state index contributed by atoms with van der Waals surface area (Å²) in [6.45, 7) is 3.21. The molecule has 4 heteroatoms. The molecule has 0 bridgehead atoms. The van der Waals surface area contributed by atoms with E-state index in [1.165, 1.54) is 0 Å². The average molecular weight is 272 g/mol. The molecular formula is C11H14BrNO2. The van der Waals surface area contributed by atoms with Gasteiger partial charge in [0.1, 0.15) is 13.2 Å². The Morgan fingerprint density at radius 3 is 2.87 bits per heavy atom. The minimum Gasteiger partial charge on any atom is -0.486 e. The smallest absolute Gasteiger partial charge is 0.165 e. The zero-order chi connectivity index (χ0) is 10.8. The Morgan fingerprint density at radius 1 is 1.40 bits per heavy atom. The zero-order valence-electron chi connectivity index (χ0n) is 8.63. The summed E-state index contributed by atoms with van der Waals surface area (Å²) in [7, 11) is 0. The van der Waals surface area contributed by atoms with Gasteiger partial charge in [-0.05, 0) is 25.5 Å². The summed E-state index contributed by atoms with van der Waals surface area (Å²) < 4.78 is 12.2. The summed E-state index contributed by atoms with van der Waals surface area (Å²) in [5.74, 6) is 1.66. The van der Waals surface area contributed by atoms with E-state index in [1.54, 1.807) is 0 Å². The van der Waals surface area contributed by atoms with Crippen molar-refractivity contribution in [2.45, 2.75) is 19.4 Å². The second kappa shape index (κ2) is 4.41. The van der Waals surface area contributed by atoms with Crippen molar-refractivity contribution < 1.29 is 9.47 Å². The molecule has 1 unspecified atom stereocenters. The Bertz CT molecular complexity index is 366. The van der Waals surface area contributed by atoms with Crippen LogP contribution in [-0.2, 0) is 6.42 Å². The Labute approximate surface area is 97.7 Å². The van der Waals surface area contributed by atoms with Crippen molar-refractivity contribution in [2.75, 3.05) is 13.2 Å². The Balaban J connectivity index is 2.41. The number of rotatable bonds is 2. The van der Waals surface area contributed by atoms with Crippen LogP contribution < -0.4 is 15.2 Å². The van der Waals surface area contributed by atoms with Crippen LogP contribution in [0.3, 0.4) is 0 Å². The Hall–Kier alpha value is -0.740. The molecule has 0 spiro atoms. The summed E-state index contributed by atoms with van der Waals surface area (Å²) in [6.07, 6.45) is 0.785. The topological polar surface area (TPSA) is 44.5 Å². The molecule has 0 radical (unpaired) electrons. The second-order valence-corrected chi connectivity index (χ2v) is 4.59. The van der Waals surface area contributed by atoms with Crippen LogP contribution in [0.2, 0.25) is 0 Å². The van der Waals surface area contributed by atoms with Gasteiger partial charge in [0.05, 0.1) is 0 Å². The third-order valence-corrected chi connectivity index (χ3v) is 3.02. The number of fused-ring (bicyclic) bond motifs is 1. The first-order valence-electron chi connectivity index (χ1n) is 5.01. The van der Waals surface area contributed by atoms with Gasteiger partial charge < -0.3 is 15.2 Å². The first-order valence-corrected chi connectivity index (χ1v) is 5.80.